The van der Waals surface area contributed by atoms with Gasteiger partial charge in [0.1, 0.15) is 14.1 Å². The fraction of sp³-hybridized carbons (Fsp3) is 0.538. The lowest BCUT2D eigenvalue weighted by molar-refractivity contribution is 0.257. The minimum Gasteiger partial charge on any atom is -0.492 e. The fourth-order valence-corrected chi connectivity index (χ4v) is 10.2. The van der Waals surface area contributed by atoms with Crippen LogP contribution in [0.25, 0.3) is 0 Å². The molecule has 0 aliphatic carbocycles. The topological polar surface area (TPSA) is 70.5 Å². The summed E-state index contributed by atoms with van der Waals surface area (Å²) in [6.07, 6.45) is 3.46. The molecule has 2 unspecified atom stereocenters. The van der Waals surface area contributed by atoms with E-state index in [-0.39, 0.29) is 9.28 Å². The van der Waals surface area contributed by atoms with E-state index in [4.69, 9.17) is 20.6 Å². The zero-order valence-corrected chi connectivity index (χ0v) is 14.2. The maximum atomic E-state index is 6.22. The minimum atomic E-state index is -0.867. The number of para-hydroxylation sites is 1. The van der Waals surface area contributed by atoms with Crippen LogP contribution in [0.5, 0.6) is 5.75 Å². The maximum Gasteiger partial charge on any atom is 0.151 e. The Morgan fingerprint density at radius 3 is 3.00 bits per heavy atom. The lowest BCUT2D eigenvalue weighted by Gasteiger charge is -2.29. The molecule has 6 heteroatoms. The van der Waals surface area contributed by atoms with Crippen LogP contribution in [0, 0.1) is 0 Å². The van der Waals surface area contributed by atoms with Gasteiger partial charge in [-0.3, -0.25) is 0 Å². The van der Waals surface area contributed by atoms with Crippen LogP contribution >= 0.6 is 0 Å². The molecule has 1 heterocycles. The highest BCUT2D eigenvalue weighted by molar-refractivity contribution is 7.10. The second-order valence-corrected chi connectivity index (χ2v) is 12.9. The number of hydrogen-bond donors (Lipinski definition) is 2. The molecule has 0 bridgehead atoms. The van der Waals surface area contributed by atoms with Gasteiger partial charge in [0.15, 0.2) is 9.28 Å². The van der Waals surface area contributed by atoms with Gasteiger partial charge in [0.05, 0.1) is 17.1 Å². The summed E-state index contributed by atoms with van der Waals surface area (Å²) < 4.78 is 12.0. The molecule has 0 saturated carbocycles. The largest absolute Gasteiger partial charge is 0.492 e. The summed E-state index contributed by atoms with van der Waals surface area (Å²) in [4.78, 5) is 0. The molecule has 0 aromatic heterocycles. The molecule has 1 aromatic carbocycles. The normalized spacial score (nSPS) is 22.3. The Kier molecular flexibility index (Phi) is 5.29. The number of ether oxygens (including phenoxy) is 1. The third kappa shape index (κ3) is 3.74. The van der Waals surface area contributed by atoms with Crippen molar-refractivity contribution in [2.24, 2.45) is 0 Å². The average molecular weight is 297 g/mol. The molecular formula is C13H24N2O2Si2. The van der Waals surface area contributed by atoms with Crippen molar-refractivity contribution >= 4 is 29.0 Å². The number of nitrogen functional groups attached to an aromatic ring is 2. The zero-order valence-electron chi connectivity index (χ0n) is 11.6. The summed E-state index contributed by atoms with van der Waals surface area (Å²) in [6.45, 7) is 3.17. The number of benzene rings is 1. The van der Waals surface area contributed by atoms with Crippen molar-refractivity contribution in [1.29, 1.82) is 0 Å². The fourth-order valence-electron chi connectivity index (χ4n) is 2.56. The van der Waals surface area contributed by atoms with Gasteiger partial charge in [-0.1, -0.05) is 25.5 Å². The van der Waals surface area contributed by atoms with Gasteiger partial charge in [0, 0.05) is 6.61 Å². The molecule has 1 aliphatic heterocycles. The lowest BCUT2D eigenvalue weighted by Crippen LogP contribution is -2.44. The van der Waals surface area contributed by atoms with E-state index in [9.17, 15) is 0 Å². The Balaban J connectivity index is 2.08. The van der Waals surface area contributed by atoms with Gasteiger partial charge in [0.25, 0.3) is 0 Å². The summed E-state index contributed by atoms with van der Waals surface area (Å²) in [6, 6.07) is 7.00. The SMILES string of the molecule is CCCC(Oc1cccc(N)c1N)[SiH]1CCCO[SiH2]1. The molecule has 1 saturated heterocycles. The Morgan fingerprint density at radius 2 is 2.32 bits per heavy atom. The van der Waals surface area contributed by atoms with E-state index in [2.05, 4.69) is 6.92 Å². The molecule has 2 atom stereocenters. The van der Waals surface area contributed by atoms with Crippen molar-refractivity contribution in [1.82, 2.24) is 0 Å². The van der Waals surface area contributed by atoms with Crippen LogP contribution in [-0.2, 0) is 4.43 Å². The number of anilines is 2. The lowest BCUT2D eigenvalue weighted by atomic mass is 10.2. The first kappa shape index (κ1) is 14.4. The molecule has 19 heavy (non-hydrogen) atoms. The third-order valence-electron chi connectivity index (χ3n) is 3.67. The van der Waals surface area contributed by atoms with E-state index in [1.807, 2.05) is 18.2 Å². The van der Waals surface area contributed by atoms with Crippen LogP contribution in [0.3, 0.4) is 0 Å². The standard InChI is InChI=1S/C13H24N2O2Si2/c1-2-5-12(19-9-4-8-16-18-19)17-11-7-3-6-10(14)13(11)15/h3,6-7,12,19H,2,4-5,8-9,14-15,18H2,1H3. The van der Waals surface area contributed by atoms with E-state index in [0.717, 1.165) is 25.2 Å². The van der Waals surface area contributed by atoms with E-state index in [0.29, 0.717) is 17.1 Å². The van der Waals surface area contributed by atoms with Crippen molar-refractivity contribution in [3.8, 4) is 5.75 Å². The third-order valence-corrected chi connectivity index (χ3v) is 12.1. The number of rotatable bonds is 5. The van der Waals surface area contributed by atoms with E-state index >= 15 is 0 Å². The van der Waals surface area contributed by atoms with Gasteiger partial charge in [-0.05, 0) is 25.0 Å². The molecule has 4 N–H and O–H groups in total. The number of hydrogen-bond acceptors (Lipinski definition) is 4. The van der Waals surface area contributed by atoms with Crippen LogP contribution in [0.2, 0.25) is 6.04 Å². The minimum absolute atomic E-state index is 0.341. The molecule has 1 aliphatic rings. The second kappa shape index (κ2) is 6.97. The molecule has 0 radical (unpaired) electrons. The molecule has 1 aromatic rings. The Bertz CT molecular complexity index is 412. The quantitative estimate of drug-likeness (QED) is 0.632. The summed E-state index contributed by atoms with van der Waals surface area (Å²) in [5.41, 5.74) is 13.4. The molecule has 4 nitrogen and oxygen atoms in total. The summed E-state index contributed by atoms with van der Waals surface area (Å²) in [5, 5.41) is 0. The first-order valence-electron chi connectivity index (χ1n) is 7.10. The van der Waals surface area contributed by atoms with Gasteiger partial charge >= 0.3 is 0 Å². The van der Waals surface area contributed by atoms with Crippen LogP contribution < -0.4 is 16.2 Å². The Hall–Kier alpha value is -0.986. The van der Waals surface area contributed by atoms with Crippen molar-refractivity contribution in [3.05, 3.63) is 18.2 Å². The van der Waals surface area contributed by atoms with Crippen LogP contribution in [-0.4, -0.2) is 29.9 Å². The van der Waals surface area contributed by atoms with Gasteiger partial charge in [-0.15, -0.1) is 0 Å². The molecule has 0 spiro atoms. The van der Waals surface area contributed by atoms with E-state index in [1.54, 1.807) is 0 Å². The maximum absolute atomic E-state index is 6.22. The van der Waals surface area contributed by atoms with Crippen molar-refractivity contribution in [3.63, 3.8) is 0 Å². The van der Waals surface area contributed by atoms with E-state index < -0.39 is 8.31 Å². The predicted octanol–water partition coefficient (Wildman–Crippen LogP) is 1.17. The van der Waals surface area contributed by atoms with Gasteiger partial charge in [-0.2, -0.15) is 0 Å². The Labute approximate surface area is 118 Å². The van der Waals surface area contributed by atoms with Gasteiger partial charge < -0.3 is 20.6 Å². The van der Waals surface area contributed by atoms with Gasteiger partial charge in [-0.25, -0.2) is 0 Å². The number of nitrogens with two attached hydrogens (primary N) is 2. The first-order chi connectivity index (χ1) is 9.22. The highest BCUT2D eigenvalue weighted by atomic mass is 29.2. The Morgan fingerprint density at radius 1 is 1.47 bits per heavy atom. The molecule has 0 amide bonds. The smallest absolute Gasteiger partial charge is 0.151 e. The van der Waals surface area contributed by atoms with Crippen LogP contribution in [0.1, 0.15) is 26.2 Å². The van der Waals surface area contributed by atoms with Crippen LogP contribution in [0.15, 0.2) is 18.2 Å². The monoisotopic (exact) mass is 296 g/mol. The highest BCUT2D eigenvalue weighted by Crippen LogP contribution is 2.29. The van der Waals surface area contributed by atoms with Crippen molar-refractivity contribution in [2.75, 3.05) is 18.1 Å². The predicted molar refractivity (Wildman–Crippen MR) is 85.7 cm³/mol. The van der Waals surface area contributed by atoms with Crippen molar-refractivity contribution < 1.29 is 9.16 Å². The summed E-state index contributed by atoms with van der Waals surface area (Å²) >= 11 is 0. The second-order valence-electron chi connectivity index (χ2n) is 5.18. The van der Waals surface area contributed by atoms with Gasteiger partial charge in [0.2, 0.25) is 0 Å². The summed E-state index contributed by atoms with van der Waals surface area (Å²) in [7, 11) is -1.21. The zero-order chi connectivity index (χ0) is 13.7. The first-order valence-corrected chi connectivity index (χ1v) is 12.4. The van der Waals surface area contributed by atoms with Crippen molar-refractivity contribution in [2.45, 2.75) is 38.0 Å². The van der Waals surface area contributed by atoms with Crippen LogP contribution in [0.4, 0.5) is 11.4 Å². The molecule has 106 valence electrons. The molecular weight excluding hydrogens is 272 g/mol. The van der Waals surface area contributed by atoms with E-state index in [1.165, 1.54) is 12.5 Å². The average Bonchev–Trinajstić information content (AvgIpc) is 2.44. The summed E-state index contributed by atoms with van der Waals surface area (Å²) in [5.74, 6) is 0.755. The highest BCUT2D eigenvalue weighted by Gasteiger charge is 2.28. The molecule has 2 rings (SSSR count). The molecule has 1 fully saturated rings.